The normalized spacial score (nSPS) is 18.7. The molecule has 21 heavy (non-hydrogen) atoms. The molecule has 0 N–H and O–H groups in total. The topological polar surface area (TPSA) is 74.1 Å². The lowest BCUT2D eigenvalue weighted by Gasteiger charge is -2.19. The lowest BCUT2D eigenvalue weighted by Crippen LogP contribution is -2.32. The van der Waals surface area contributed by atoms with Crippen molar-refractivity contribution in [1.29, 1.82) is 5.26 Å². The molecule has 1 aromatic rings. The Morgan fingerprint density at radius 2 is 1.95 bits per heavy atom. The van der Waals surface area contributed by atoms with Gasteiger partial charge in [-0.2, -0.15) is 9.57 Å². The van der Waals surface area contributed by atoms with E-state index in [4.69, 9.17) is 5.26 Å². The minimum atomic E-state index is -3.44. The highest BCUT2D eigenvalue weighted by Crippen LogP contribution is 2.24. The Balaban J connectivity index is 2.15. The lowest BCUT2D eigenvalue weighted by atomic mass is 10.2. The first-order chi connectivity index (χ1) is 10.0. The Bertz CT molecular complexity index is 600. The molecule has 2 rings (SSSR count). The van der Waals surface area contributed by atoms with Gasteiger partial charge in [0.1, 0.15) is 4.90 Å². The quantitative estimate of drug-likeness (QED) is 0.796. The van der Waals surface area contributed by atoms with E-state index >= 15 is 0 Å². The van der Waals surface area contributed by atoms with E-state index in [2.05, 4.69) is 11.1 Å². The molecule has 1 saturated heterocycles. The van der Waals surface area contributed by atoms with Gasteiger partial charge >= 0.3 is 0 Å². The molecule has 0 saturated carbocycles. The molecule has 0 bridgehead atoms. The van der Waals surface area contributed by atoms with Crippen LogP contribution < -0.4 is 0 Å². The standard InChI is InChI=1S/C14H19N3O2S2/c1-12(10-15)20-14-7-6-13(11-16-14)21(18,19)17-8-4-2-3-5-9-17/h6-7,11-12H,2-5,8-9H2,1H3/t12-/m1/s1. The van der Waals surface area contributed by atoms with E-state index in [1.807, 2.05) is 0 Å². The summed E-state index contributed by atoms with van der Waals surface area (Å²) in [6, 6.07) is 5.37. The van der Waals surface area contributed by atoms with Crippen LogP contribution in [0.2, 0.25) is 0 Å². The van der Waals surface area contributed by atoms with Crippen LogP contribution in [0, 0.1) is 11.3 Å². The average Bonchev–Trinajstić information content (AvgIpc) is 2.77. The van der Waals surface area contributed by atoms with Crippen LogP contribution in [-0.2, 0) is 10.0 Å². The van der Waals surface area contributed by atoms with Gasteiger partial charge < -0.3 is 0 Å². The van der Waals surface area contributed by atoms with Crippen molar-refractivity contribution in [2.24, 2.45) is 0 Å². The SMILES string of the molecule is C[C@H](C#N)Sc1ccc(S(=O)(=O)N2CCCCCC2)cn1. The number of thioether (sulfide) groups is 1. The van der Waals surface area contributed by atoms with E-state index in [0.717, 1.165) is 25.7 Å². The van der Waals surface area contributed by atoms with Gasteiger partial charge in [-0.25, -0.2) is 13.4 Å². The van der Waals surface area contributed by atoms with Crippen molar-refractivity contribution in [3.05, 3.63) is 18.3 Å². The van der Waals surface area contributed by atoms with Crippen molar-refractivity contribution < 1.29 is 8.42 Å². The van der Waals surface area contributed by atoms with Crippen LogP contribution >= 0.6 is 11.8 Å². The van der Waals surface area contributed by atoms with Crippen molar-refractivity contribution in [3.8, 4) is 6.07 Å². The van der Waals surface area contributed by atoms with Gasteiger partial charge in [-0.05, 0) is 31.9 Å². The summed E-state index contributed by atoms with van der Waals surface area (Å²) in [6.07, 6.45) is 5.41. The molecule has 1 aliphatic rings. The zero-order valence-electron chi connectivity index (χ0n) is 12.0. The van der Waals surface area contributed by atoms with E-state index < -0.39 is 10.0 Å². The fourth-order valence-electron chi connectivity index (χ4n) is 2.23. The van der Waals surface area contributed by atoms with Crippen molar-refractivity contribution in [3.63, 3.8) is 0 Å². The Morgan fingerprint density at radius 1 is 1.29 bits per heavy atom. The molecule has 0 amide bonds. The smallest absolute Gasteiger partial charge is 0.244 e. The molecule has 1 atom stereocenters. The predicted octanol–water partition coefficient (Wildman–Crippen LogP) is 2.65. The monoisotopic (exact) mass is 325 g/mol. The molecular weight excluding hydrogens is 306 g/mol. The molecule has 0 radical (unpaired) electrons. The fourth-order valence-corrected chi connectivity index (χ4v) is 4.37. The van der Waals surface area contributed by atoms with E-state index in [1.54, 1.807) is 23.4 Å². The Kier molecular flexibility index (Phi) is 5.62. The van der Waals surface area contributed by atoms with Crippen LogP contribution in [-0.4, -0.2) is 36.0 Å². The molecule has 1 fully saturated rings. The highest BCUT2D eigenvalue weighted by molar-refractivity contribution is 8.00. The van der Waals surface area contributed by atoms with Gasteiger partial charge in [0.2, 0.25) is 10.0 Å². The second kappa shape index (κ2) is 7.25. The molecule has 2 heterocycles. The first kappa shape index (κ1) is 16.3. The van der Waals surface area contributed by atoms with Crippen LogP contribution in [0.5, 0.6) is 0 Å². The van der Waals surface area contributed by atoms with Crippen molar-refractivity contribution in [2.45, 2.75) is 47.8 Å². The third kappa shape index (κ3) is 4.19. The first-order valence-corrected chi connectivity index (χ1v) is 9.38. The number of aromatic nitrogens is 1. The second-order valence-corrected chi connectivity index (χ2v) is 8.34. The maximum absolute atomic E-state index is 12.6. The average molecular weight is 325 g/mol. The molecular formula is C14H19N3O2S2. The number of nitriles is 1. The minimum absolute atomic E-state index is 0.203. The van der Waals surface area contributed by atoms with Crippen LogP contribution in [0.25, 0.3) is 0 Å². The summed E-state index contributed by atoms with van der Waals surface area (Å²) >= 11 is 1.32. The summed E-state index contributed by atoms with van der Waals surface area (Å²) in [5.74, 6) is 0. The fraction of sp³-hybridized carbons (Fsp3) is 0.571. The zero-order valence-corrected chi connectivity index (χ0v) is 13.7. The molecule has 7 heteroatoms. The van der Waals surface area contributed by atoms with E-state index in [1.165, 1.54) is 18.0 Å². The van der Waals surface area contributed by atoms with Gasteiger partial charge in [-0.15, -0.1) is 0 Å². The molecule has 5 nitrogen and oxygen atoms in total. The molecule has 1 aliphatic heterocycles. The number of hydrogen-bond donors (Lipinski definition) is 0. The third-order valence-electron chi connectivity index (χ3n) is 3.39. The lowest BCUT2D eigenvalue weighted by molar-refractivity contribution is 0.423. The van der Waals surface area contributed by atoms with Crippen molar-refractivity contribution in [1.82, 2.24) is 9.29 Å². The summed E-state index contributed by atoms with van der Waals surface area (Å²) in [4.78, 5) is 4.39. The predicted molar refractivity (Wildman–Crippen MR) is 82.4 cm³/mol. The molecule has 0 aromatic carbocycles. The van der Waals surface area contributed by atoms with Crippen LogP contribution in [0.4, 0.5) is 0 Å². The molecule has 0 aliphatic carbocycles. The number of hydrogen-bond acceptors (Lipinski definition) is 5. The van der Waals surface area contributed by atoms with Gasteiger partial charge in [0.25, 0.3) is 0 Å². The van der Waals surface area contributed by atoms with E-state index in [9.17, 15) is 8.42 Å². The van der Waals surface area contributed by atoms with E-state index in [0.29, 0.717) is 18.1 Å². The van der Waals surface area contributed by atoms with Crippen LogP contribution in [0.15, 0.2) is 28.3 Å². The van der Waals surface area contributed by atoms with E-state index in [-0.39, 0.29) is 10.1 Å². The van der Waals surface area contributed by atoms with Gasteiger partial charge in [0.15, 0.2) is 0 Å². The molecule has 1 aromatic heterocycles. The van der Waals surface area contributed by atoms with Crippen LogP contribution in [0.3, 0.4) is 0 Å². The van der Waals surface area contributed by atoms with Gasteiger partial charge in [-0.1, -0.05) is 24.6 Å². The Morgan fingerprint density at radius 3 is 2.48 bits per heavy atom. The molecule has 0 unspecified atom stereocenters. The summed E-state index contributed by atoms with van der Waals surface area (Å²) in [5, 5.41) is 9.24. The highest BCUT2D eigenvalue weighted by atomic mass is 32.2. The van der Waals surface area contributed by atoms with Gasteiger partial charge in [-0.3, -0.25) is 0 Å². The third-order valence-corrected chi connectivity index (χ3v) is 6.22. The van der Waals surface area contributed by atoms with Crippen molar-refractivity contribution >= 4 is 21.8 Å². The summed E-state index contributed by atoms with van der Waals surface area (Å²) < 4.78 is 26.7. The Hall–Kier alpha value is -1.10. The minimum Gasteiger partial charge on any atom is -0.249 e. The van der Waals surface area contributed by atoms with Gasteiger partial charge in [0.05, 0.1) is 16.3 Å². The number of nitrogens with zero attached hydrogens (tertiary/aromatic N) is 3. The van der Waals surface area contributed by atoms with Crippen LogP contribution in [0.1, 0.15) is 32.6 Å². The summed E-state index contributed by atoms with van der Waals surface area (Å²) in [5.41, 5.74) is 0. The van der Waals surface area contributed by atoms with Crippen molar-refractivity contribution in [2.75, 3.05) is 13.1 Å². The second-order valence-electron chi connectivity index (χ2n) is 5.04. The number of rotatable bonds is 4. The number of pyridine rings is 1. The van der Waals surface area contributed by atoms with Gasteiger partial charge in [0, 0.05) is 19.3 Å². The highest BCUT2D eigenvalue weighted by Gasteiger charge is 2.25. The summed E-state index contributed by atoms with van der Waals surface area (Å²) in [7, 11) is -3.44. The number of sulfonamides is 1. The maximum Gasteiger partial charge on any atom is 0.244 e. The largest absolute Gasteiger partial charge is 0.249 e. The maximum atomic E-state index is 12.6. The zero-order chi connectivity index (χ0) is 15.3. The first-order valence-electron chi connectivity index (χ1n) is 7.06. The summed E-state index contributed by atoms with van der Waals surface area (Å²) in [6.45, 7) is 2.96. The Labute approximate surface area is 130 Å². The molecule has 0 spiro atoms. The molecule has 114 valence electrons.